The molecule has 6 nitrogen and oxygen atoms in total. The largest absolute Gasteiger partial charge is 0.368 e. The third-order valence-electron chi connectivity index (χ3n) is 4.73. The number of amides is 1. The Labute approximate surface area is 168 Å². The minimum absolute atomic E-state index is 0.219. The van der Waals surface area contributed by atoms with Crippen molar-refractivity contribution in [2.45, 2.75) is 0 Å². The molecular formula is C21H20ClN5O. The average Bonchev–Trinajstić information content (AvgIpc) is 2.75. The molecule has 1 aliphatic heterocycles. The molecule has 0 unspecified atom stereocenters. The number of hydrogen-bond acceptors (Lipinski definition) is 5. The second-order valence-corrected chi connectivity index (χ2v) is 6.99. The summed E-state index contributed by atoms with van der Waals surface area (Å²) < 4.78 is 0. The van der Waals surface area contributed by atoms with Crippen LogP contribution in [0.15, 0.2) is 67.1 Å². The summed E-state index contributed by atoms with van der Waals surface area (Å²) >= 11 is 6.10. The summed E-state index contributed by atoms with van der Waals surface area (Å²) in [7, 11) is 0. The molecule has 28 heavy (non-hydrogen) atoms. The fourth-order valence-electron chi connectivity index (χ4n) is 3.23. The van der Waals surface area contributed by atoms with Crippen LogP contribution in [0.1, 0.15) is 10.4 Å². The van der Waals surface area contributed by atoms with E-state index in [1.165, 1.54) is 6.20 Å². The Morgan fingerprint density at radius 2 is 1.71 bits per heavy atom. The highest BCUT2D eigenvalue weighted by molar-refractivity contribution is 6.30. The Balaban J connectivity index is 1.35. The van der Waals surface area contributed by atoms with E-state index >= 15 is 0 Å². The van der Waals surface area contributed by atoms with Crippen molar-refractivity contribution in [1.82, 2.24) is 9.97 Å². The number of aromatic nitrogens is 2. The van der Waals surface area contributed by atoms with Gasteiger partial charge in [0.25, 0.3) is 5.91 Å². The van der Waals surface area contributed by atoms with Gasteiger partial charge in [-0.15, -0.1) is 0 Å². The van der Waals surface area contributed by atoms with E-state index in [-0.39, 0.29) is 5.91 Å². The zero-order valence-corrected chi connectivity index (χ0v) is 16.0. The van der Waals surface area contributed by atoms with Crippen LogP contribution in [0, 0.1) is 0 Å². The lowest BCUT2D eigenvalue weighted by Gasteiger charge is -2.37. The summed E-state index contributed by atoms with van der Waals surface area (Å²) in [5.74, 6) is 0.304. The number of nitrogens with zero attached hydrogens (tertiary/aromatic N) is 4. The summed E-state index contributed by atoms with van der Waals surface area (Å²) in [6, 6.07) is 15.2. The van der Waals surface area contributed by atoms with Crippen molar-refractivity contribution < 1.29 is 4.79 Å². The van der Waals surface area contributed by atoms with Crippen LogP contribution in [0.4, 0.5) is 17.2 Å². The Hall–Kier alpha value is -3.12. The van der Waals surface area contributed by atoms with Crippen LogP contribution < -0.4 is 15.1 Å². The minimum Gasteiger partial charge on any atom is -0.368 e. The van der Waals surface area contributed by atoms with Crippen molar-refractivity contribution in [3.05, 3.63) is 77.7 Å². The topological polar surface area (TPSA) is 61.4 Å². The van der Waals surface area contributed by atoms with E-state index in [1.807, 2.05) is 30.3 Å². The van der Waals surface area contributed by atoms with E-state index in [9.17, 15) is 4.79 Å². The first-order valence-electron chi connectivity index (χ1n) is 9.12. The van der Waals surface area contributed by atoms with Crippen LogP contribution in [-0.4, -0.2) is 42.1 Å². The van der Waals surface area contributed by atoms with Gasteiger partial charge in [-0.3, -0.25) is 9.78 Å². The smallest absolute Gasteiger partial charge is 0.258 e. The van der Waals surface area contributed by atoms with Gasteiger partial charge >= 0.3 is 0 Å². The van der Waals surface area contributed by atoms with Gasteiger partial charge < -0.3 is 15.1 Å². The number of benzene rings is 1. The summed E-state index contributed by atoms with van der Waals surface area (Å²) in [5, 5.41) is 3.55. The van der Waals surface area contributed by atoms with Crippen molar-refractivity contribution in [3.63, 3.8) is 0 Å². The first-order valence-corrected chi connectivity index (χ1v) is 9.50. The van der Waals surface area contributed by atoms with Crippen LogP contribution in [0.5, 0.6) is 0 Å². The quantitative estimate of drug-likeness (QED) is 0.732. The van der Waals surface area contributed by atoms with Gasteiger partial charge in [0, 0.05) is 49.3 Å². The fourth-order valence-corrected chi connectivity index (χ4v) is 3.41. The van der Waals surface area contributed by atoms with Gasteiger partial charge in [-0.2, -0.15) is 0 Å². The van der Waals surface area contributed by atoms with Crippen molar-refractivity contribution in [3.8, 4) is 0 Å². The first-order chi connectivity index (χ1) is 13.7. The molecule has 2 aromatic heterocycles. The number of anilines is 3. The molecule has 0 bridgehead atoms. The lowest BCUT2D eigenvalue weighted by atomic mass is 10.2. The van der Waals surface area contributed by atoms with Crippen molar-refractivity contribution in [2.75, 3.05) is 41.3 Å². The van der Waals surface area contributed by atoms with Gasteiger partial charge in [0.05, 0.1) is 17.4 Å². The third-order valence-corrected chi connectivity index (χ3v) is 4.97. The average molecular weight is 394 g/mol. The second-order valence-electron chi connectivity index (χ2n) is 6.55. The Morgan fingerprint density at radius 3 is 2.36 bits per heavy atom. The number of rotatable bonds is 4. The number of hydrogen-bond donors (Lipinski definition) is 1. The van der Waals surface area contributed by atoms with E-state index < -0.39 is 0 Å². The SMILES string of the molecule is O=C(Nc1ccc(N2CCN(c3cccc(Cl)c3)CC2)cn1)c1cccnc1. The number of pyridine rings is 2. The highest BCUT2D eigenvalue weighted by Crippen LogP contribution is 2.23. The molecule has 3 heterocycles. The van der Waals surface area contributed by atoms with E-state index in [0.717, 1.165) is 42.6 Å². The Kier molecular flexibility index (Phi) is 5.39. The van der Waals surface area contributed by atoms with E-state index in [4.69, 9.17) is 11.6 Å². The number of piperazine rings is 1. The lowest BCUT2D eigenvalue weighted by molar-refractivity contribution is 0.102. The number of carbonyl (C=O) groups excluding carboxylic acids is 1. The van der Waals surface area contributed by atoms with Gasteiger partial charge in [0.15, 0.2) is 0 Å². The molecule has 1 saturated heterocycles. The molecule has 1 aliphatic rings. The monoisotopic (exact) mass is 393 g/mol. The van der Waals surface area contributed by atoms with E-state index in [1.54, 1.807) is 24.5 Å². The maximum absolute atomic E-state index is 12.2. The van der Waals surface area contributed by atoms with Crippen LogP contribution in [0.2, 0.25) is 5.02 Å². The van der Waals surface area contributed by atoms with E-state index in [0.29, 0.717) is 11.4 Å². The summed E-state index contributed by atoms with van der Waals surface area (Å²) in [4.78, 5) is 25.1. The summed E-state index contributed by atoms with van der Waals surface area (Å²) in [6.45, 7) is 3.63. The number of carbonyl (C=O) groups is 1. The fraction of sp³-hybridized carbons (Fsp3) is 0.190. The van der Waals surface area contributed by atoms with Crippen molar-refractivity contribution >= 4 is 34.7 Å². The molecule has 0 atom stereocenters. The molecule has 1 aromatic carbocycles. The predicted octanol–water partition coefficient (Wildman–Crippen LogP) is 3.71. The molecule has 0 aliphatic carbocycles. The third kappa shape index (κ3) is 4.23. The summed E-state index contributed by atoms with van der Waals surface area (Å²) in [5.41, 5.74) is 2.70. The second kappa shape index (κ2) is 8.27. The molecule has 1 fully saturated rings. The van der Waals surface area contributed by atoms with Crippen molar-refractivity contribution in [1.29, 1.82) is 0 Å². The molecule has 142 valence electrons. The van der Waals surface area contributed by atoms with Gasteiger partial charge in [0.2, 0.25) is 0 Å². The highest BCUT2D eigenvalue weighted by Gasteiger charge is 2.18. The maximum Gasteiger partial charge on any atom is 0.258 e. The molecule has 0 spiro atoms. The molecule has 3 aromatic rings. The lowest BCUT2D eigenvalue weighted by Crippen LogP contribution is -2.46. The molecule has 4 rings (SSSR count). The molecule has 1 N–H and O–H groups in total. The van der Waals surface area contributed by atoms with Crippen LogP contribution >= 0.6 is 11.6 Å². The van der Waals surface area contributed by atoms with Crippen LogP contribution in [-0.2, 0) is 0 Å². The first kappa shape index (κ1) is 18.3. The zero-order valence-electron chi connectivity index (χ0n) is 15.3. The van der Waals surface area contributed by atoms with Gasteiger partial charge in [-0.05, 0) is 42.5 Å². The van der Waals surface area contributed by atoms with Crippen LogP contribution in [0.3, 0.4) is 0 Å². The molecular weight excluding hydrogens is 374 g/mol. The van der Waals surface area contributed by atoms with Crippen molar-refractivity contribution in [2.24, 2.45) is 0 Å². The normalized spacial score (nSPS) is 14.0. The predicted molar refractivity (Wildman–Crippen MR) is 112 cm³/mol. The molecule has 0 saturated carbocycles. The van der Waals surface area contributed by atoms with Gasteiger partial charge in [-0.1, -0.05) is 17.7 Å². The van der Waals surface area contributed by atoms with Gasteiger partial charge in [0.1, 0.15) is 5.82 Å². The maximum atomic E-state index is 12.2. The zero-order chi connectivity index (χ0) is 19.3. The highest BCUT2D eigenvalue weighted by atomic mass is 35.5. The Bertz CT molecular complexity index is 941. The Morgan fingerprint density at radius 1 is 0.929 bits per heavy atom. The molecule has 7 heteroatoms. The van der Waals surface area contributed by atoms with E-state index in [2.05, 4.69) is 31.2 Å². The van der Waals surface area contributed by atoms with Crippen LogP contribution in [0.25, 0.3) is 0 Å². The minimum atomic E-state index is -0.219. The standard InChI is InChI=1S/C21H20ClN5O/c22-17-4-1-5-18(13-17)26-9-11-27(12-10-26)19-6-7-20(24-15-19)25-21(28)16-3-2-8-23-14-16/h1-8,13-15H,9-12H2,(H,24,25,28). The number of nitrogens with one attached hydrogen (secondary N) is 1. The molecule has 1 amide bonds. The van der Waals surface area contributed by atoms with Gasteiger partial charge in [-0.25, -0.2) is 4.98 Å². The number of halogens is 1. The molecule has 0 radical (unpaired) electrons. The summed E-state index contributed by atoms with van der Waals surface area (Å²) in [6.07, 6.45) is 4.97.